The molecule has 146 valence electrons. The van der Waals surface area contributed by atoms with Crippen LogP contribution in [0.4, 0.5) is 5.82 Å². The van der Waals surface area contributed by atoms with Gasteiger partial charge in [0.05, 0.1) is 12.2 Å². The topological polar surface area (TPSA) is 63.5 Å². The summed E-state index contributed by atoms with van der Waals surface area (Å²) in [4.78, 5) is 25.5. The van der Waals surface area contributed by atoms with Gasteiger partial charge in [-0.2, -0.15) is 0 Å². The number of nitrogens with zero attached hydrogens (tertiary/aromatic N) is 5. The Hall–Kier alpha value is -2.41. The number of carbonyl (C=O) groups is 1. The molecular weight excluding hydrogens is 342 g/mol. The fraction of sp³-hybridized carbons (Fsp3) is 0.550. The molecule has 7 heteroatoms. The summed E-state index contributed by atoms with van der Waals surface area (Å²) in [5, 5.41) is 0. The Labute approximate surface area is 161 Å². The van der Waals surface area contributed by atoms with Crippen LogP contribution in [0.15, 0.2) is 30.7 Å². The van der Waals surface area contributed by atoms with E-state index in [0.717, 1.165) is 50.7 Å². The second kappa shape index (κ2) is 8.99. The second-order valence-electron chi connectivity index (χ2n) is 7.21. The molecule has 2 aromatic rings. The number of methoxy groups -OCH3 is 1. The van der Waals surface area contributed by atoms with E-state index in [1.165, 1.54) is 0 Å². The van der Waals surface area contributed by atoms with Crippen LogP contribution in [-0.2, 0) is 11.3 Å². The number of carbonyl (C=O) groups excluding carboxylic acids is 1. The Balaban J connectivity index is 1.57. The molecule has 1 aliphatic rings. The van der Waals surface area contributed by atoms with Gasteiger partial charge in [0, 0.05) is 58.9 Å². The van der Waals surface area contributed by atoms with Crippen molar-refractivity contribution in [3.63, 3.8) is 0 Å². The van der Waals surface area contributed by atoms with Gasteiger partial charge in [0.1, 0.15) is 11.6 Å². The number of hydrogen-bond donors (Lipinski definition) is 0. The first-order valence-corrected chi connectivity index (χ1v) is 9.51. The molecule has 7 nitrogen and oxygen atoms in total. The molecule has 1 aliphatic heterocycles. The number of amides is 1. The van der Waals surface area contributed by atoms with Gasteiger partial charge in [0.15, 0.2) is 0 Å². The van der Waals surface area contributed by atoms with Gasteiger partial charge in [-0.1, -0.05) is 0 Å². The van der Waals surface area contributed by atoms with Crippen LogP contribution < -0.4 is 4.90 Å². The third-order valence-corrected chi connectivity index (χ3v) is 5.19. The molecule has 0 radical (unpaired) electrons. The lowest BCUT2D eigenvalue weighted by Crippen LogP contribution is -2.41. The Morgan fingerprint density at radius 3 is 2.89 bits per heavy atom. The summed E-state index contributed by atoms with van der Waals surface area (Å²) in [6.07, 6.45) is 7.63. The third-order valence-electron chi connectivity index (χ3n) is 5.19. The molecule has 1 fully saturated rings. The molecule has 3 heterocycles. The highest BCUT2D eigenvalue weighted by Crippen LogP contribution is 2.19. The zero-order valence-corrected chi connectivity index (χ0v) is 16.5. The molecule has 3 rings (SSSR count). The van der Waals surface area contributed by atoms with Crippen molar-refractivity contribution in [3.8, 4) is 0 Å². The van der Waals surface area contributed by atoms with Gasteiger partial charge in [0.25, 0.3) is 5.91 Å². The Bertz CT molecular complexity index is 741. The van der Waals surface area contributed by atoms with Gasteiger partial charge in [-0.05, 0) is 37.8 Å². The number of hydrogen-bond acceptors (Lipinski definition) is 5. The first-order valence-electron chi connectivity index (χ1n) is 9.51. The number of pyridine rings is 1. The average molecular weight is 371 g/mol. The Kier molecular flexibility index (Phi) is 6.45. The van der Waals surface area contributed by atoms with Crippen LogP contribution in [0.1, 0.15) is 29.0 Å². The summed E-state index contributed by atoms with van der Waals surface area (Å²) in [7, 11) is 3.73. The largest absolute Gasteiger partial charge is 0.384 e. The SMILES string of the molecule is COC[C@H]1CCCN(C(=O)c2ccc(N(C)CCn3ccnc3C)nc2)C1. The molecule has 0 aliphatic carbocycles. The molecule has 1 atom stereocenters. The predicted octanol–water partition coefficient (Wildman–Crippen LogP) is 2.22. The number of imidazole rings is 1. The van der Waals surface area contributed by atoms with Gasteiger partial charge >= 0.3 is 0 Å². The minimum absolute atomic E-state index is 0.0616. The molecular formula is C20H29N5O2. The van der Waals surface area contributed by atoms with E-state index in [-0.39, 0.29) is 5.91 Å². The number of aromatic nitrogens is 3. The van der Waals surface area contributed by atoms with Crippen molar-refractivity contribution in [2.24, 2.45) is 5.92 Å². The van der Waals surface area contributed by atoms with Crippen molar-refractivity contribution in [1.82, 2.24) is 19.4 Å². The third kappa shape index (κ3) is 4.86. The number of aryl methyl sites for hydroxylation is 1. The highest BCUT2D eigenvalue weighted by molar-refractivity contribution is 5.94. The average Bonchev–Trinajstić information content (AvgIpc) is 3.11. The zero-order valence-electron chi connectivity index (χ0n) is 16.5. The quantitative estimate of drug-likeness (QED) is 0.747. The molecule has 0 bridgehead atoms. The lowest BCUT2D eigenvalue weighted by Gasteiger charge is -2.32. The number of ether oxygens (including phenoxy) is 1. The molecule has 0 unspecified atom stereocenters. The molecule has 27 heavy (non-hydrogen) atoms. The summed E-state index contributed by atoms with van der Waals surface area (Å²) in [6, 6.07) is 3.80. The highest BCUT2D eigenvalue weighted by Gasteiger charge is 2.24. The van der Waals surface area contributed by atoms with Crippen molar-refractivity contribution in [1.29, 1.82) is 0 Å². The van der Waals surface area contributed by atoms with Crippen LogP contribution in [0.5, 0.6) is 0 Å². The fourth-order valence-corrected chi connectivity index (χ4v) is 3.55. The second-order valence-corrected chi connectivity index (χ2v) is 7.21. The van der Waals surface area contributed by atoms with Gasteiger partial charge < -0.3 is 19.1 Å². The fourth-order valence-electron chi connectivity index (χ4n) is 3.55. The smallest absolute Gasteiger partial charge is 0.255 e. The maximum atomic E-state index is 12.8. The van der Waals surface area contributed by atoms with E-state index >= 15 is 0 Å². The van der Waals surface area contributed by atoms with E-state index in [1.54, 1.807) is 13.3 Å². The van der Waals surface area contributed by atoms with Crippen LogP contribution in [0.3, 0.4) is 0 Å². The van der Waals surface area contributed by atoms with Crippen molar-refractivity contribution in [2.45, 2.75) is 26.3 Å². The highest BCUT2D eigenvalue weighted by atomic mass is 16.5. The van der Waals surface area contributed by atoms with Crippen LogP contribution in [0, 0.1) is 12.8 Å². The van der Waals surface area contributed by atoms with Crippen LogP contribution in [-0.4, -0.2) is 65.7 Å². The van der Waals surface area contributed by atoms with Crippen molar-refractivity contribution in [2.75, 3.05) is 45.3 Å². The lowest BCUT2D eigenvalue weighted by molar-refractivity contribution is 0.0570. The number of rotatable bonds is 7. The summed E-state index contributed by atoms with van der Waals surface area (Å²) < 4.78 is 7.37. The molecule has 0 spiro atoms. The number of likely N-dealkylation sites (tertiary alicyclic amines) is 1. The predicted molar refractivity (Wildman–Crippen MR) is 105 cm³/mol. The van der Waals surface area contributed by atoms with Crippen molar-refractivity contribution in [3.05, 3.63) is 42.1 Å². The monoisotopic (exact) mass is 371 g/mol. The van der Waals surface area contributed by atoms with E-state index in [9.17, 15) is 4.79 Å². The van der Waals surface area contributed by atoms with Crippen molar-refractivity contribution >= 4 is 11.7 Å². The van der Waals surface area contributed by atoms with Gasteiger partial charge in [-0.3, -0.25) is 4.79 Å². The summed E-state index contributed by atoms with van der Waals surface area (Å²) in [5.74, 6) is 2.36. The molecule has 0 saturated carbocycles. The van der Waals surface area contributed by atoms with E-state index in [2.05, 4.69) is 19.4 Å². The normalized spacial score (nSPS) is 17.1. The molecule has 1 amide bonds. The number of anilines is 1. The van der Waals surface area contributed by atoms with Crippen LogP contribution >= 0.6 is 0 Å². The molecule has 0 N–H and O–H groups in total. The zero-order chi connectivity index (χ0) is 19.2. The maximum Gasteiger partial charge on any atom is 0.255 e. The number of likely N-dealkylation sites (N-methyl/N-ethyl adjacent to an activating group) is 1. The number of piperidine rings is 1. The molecule has 1 saturated heterocycles. The lowest BCUT2D eigenvalue weighted by atomic mass is 9.98. The summed E-state index contributed by atoms with van der Waals surface area (Å²) in [6.45, 7) is 5.95. The van der Waals surface area contributed by atoms with Crippen molar-refractivity contribution < 1.29 is 9.53 Å². The molecule has 0 aromatic carbocycles. The van der Waals surface area contributed by atoms with E-state index in [0.29, 0.717) is 18.1 Å². The van der Waals surface area contributed by atoms with E-state index in [4.69, 9.17) is 4.74 Å². The summed E-state index contributed by atoms with van der Waals surface area (Å²) in [5.41, 5.74) is 0.649. The van der Waals surface area contributed by atoms with E-state index < -0.39 is 0 Å². The minimum Gasteiger partial charge on any atom is -0.384 e. The Morgan fingerprint density at radius 1 is 1.37 bits per heavy atom. The van der Waals surface area contributed by atoms with Crippen LogP contribution in [0.2, 0.25) is 0 Å². The first kappa shape index (κ1) is 19.4. The maximum absolute atomic E-state index is 12.8. The molecule has 2 aromatic heterocycles. The summed E-state index contributed by atoms with van der Waals surface area (Å²) >= 11 is 0. The standard InChI is InChI=1S/C20H29N5O2/c1-16-21-8-10-24(16)12-11-23(2)19-7-6-18(13-22-19)20(26)25-9-4-5-17(14-25)15-27-3/h6-8,10,13,17H,4-5,9,11-12,14-15H2,1-3H3/t17-/m0/s1. The minimum atomic E-state index is 0.0616. The van der Waals surface area contributed by atoms with Gasteiger partial charge in [0.2, 0.25) is 0 Å². The first-order chi connectivity index (χ1) is 13.1. The Morgan fingerprint density at radius 2 is 2.22 bits per heavy atom. The van der Waals surface area contributed by atoms with Gasteiger partial charge in [-0.25, -0.2) is 9.97 Å². The van der Waals surface area contributed by atoms with Gasteiger partial charge in [-0.15, -0.1) is 0 Å². The van der Waals surface area contributed by atoms with Crippen LogP contribution in [0.25, 0.3) is 0 Å². The van der Waals surface area contributed by atoms with E-state index in [1.807, 2.05) is 43.4 Å².